The van der Waals surface area contributed by atoms with Crippen molar-refractivity contribution in [2.75, 3.05) is 7.11 Å². The summed E-state index contributed by atoms with van der Waals surface area (Å²) < 4.78 is 10.1. The second kappa shape index (κ2) is 7.84. The Labute approximate surface area is 133 Å². The molecule has 1 atom stereocenters. The molecule has 0 aliphatic carbocycles. The van der Waals surface area contributed by atoms with Crippen molar-refractivity contribution in [1.82, 2.24) is 5.32 Å². The number of carboxylic acids is 1. The first-order chi connectivity index (χ1) is 11.1. The van der Waals surface area contributed by atoms with Gasteiger partial charge in [-0.05, 0) is 23.3 Å². The largest absolute Gasteiger partial charge is 0.497 e. The van der Waals surface area contributed by atoms with E-state index in [1.54, 1.807) is 24.3 Å². The van der Waals surface area contributed by atoms with Gasteiger partial charge in [0, 0.05) is 0 Å². The molecule has 1 amide bonds. The van der Waals surface area contributed by atoms with Crippen molar-refractivity contribution in [3.8, 4) is 5.75 Å². The van der Waals surface area contributed by atoms with E-state index in [0.717, 1.165) is 5.56 Å². The summed E-state index contributed by atoms with van der Waals surface area (Å²) in [4.78, 5) is 23.2. The highest BCUT2D eigenvalue weighted by atomic mass is 16.5. The number of hydrogen-bond acceptors (Lipinski definition) is 4. The van der Waals surface area contributed by atoms with Crippen molar-refractivity contribution in [3.63, 3.8) is 0 Å². The Morgan fingerprint density at radius 1 is 1.13 bits per heavy atom. The second-order valence-corrected chi connectivity index (χ2v) is 4.75. The molecule has 2 aromatic rings. The molecule has 2 aromatic carbocycles. The van der Waals surface area contributed by atoms with Gasteiger partial charge in [-0.3, -0.25) is 0 Å². The molecule has 0 saturated carbocycles. The minimum absolute atomic E-state index is 0.0666. The third kappa shape index (κ3) is 4.74. The third-order valence-corrected chi connectivity index (χ3v) is 3.15. The summed E-state index contributed by atoms with van der Waals surface area (Å²) in [7, 11) is 1.48. The number of rotatable bonds is 6. The summed E-state index contributed by atoms with van der Waals surface area (Å²) in [5, 5.41) is 11.7. The normalized spacial score (nSPS) is 11.3. The fourth-order valence-electron chi connectivity index (χ4n) is 1.99. The lowest BCUT2D eigenvalue weighted by molar-refractivity contribution is -0.139. The van der Waals surface area contributed by atoms with E-state index in [1.807, 2.05) is 30.3 Å². The molecule has 6 heteroatoms. The van der Waals surface area contributed by atoms with Gasteiger partial charge in [-0.1, -0.05) is 42.5 Å². The number of aliphatic carboxylic acids is 1. The molecule has 6 nitrogen and oxygen atoms in total. The SMILES string of the molecule is COc1cccc([C@H](NC(=O)OCc2ccccc2)C(=O)O)c1. The van der Waals surface area contributed by atoms with Crippen LogP contribution in [0.25, 0.3) is 0 Å². The molecule has 23 heavy (non-hydrogen) atoms. The smallest absolute Gasteiger partial charge is 0.408 e. The molecule has 0 spiro atoms. The van der Waals surface area contributed by atoms with Crippen LogP contribution in [0.5, 0.6) is 5.75 Å². The minimum Gasteiger partial charge on any atom is -0.497 e. The van der Waals surface area contributed by atoms with Crippen molar-refractivity contribution >= 4 is 12.1 Å². The van der Waals surface area contributed by atoms with Gasteiger partial charge in [0.2, 0.25) is 0 Å². The number of nitrogens with one attached hydrogen (secondary N) is 1. The Morgan fingerprint density at radius 3 is 2.52 bits per heavy atom. The summed E-state index contributed by atoms with van der Waals surface area (Å²) in [6.07, 6.45) is -0.802. The lowest BCUT2D eigenvalue weighted by atomic mass is 10.1. The molecule has 0 aliphatic heterocycles. The molecule has 0 fully saturated rings. The first-order valence-corrected chi connectivity index (χ1v) is 6.94. The van der Waals surface area contributed by atoms with Crippen LogP contribution < -0.4 is 10.1 Å². The van der Waals surface area contributed by atoms with Crippen LogP contribution in [0.15, 0.2) is 54.6 Å². The zero-order valence-electron chi connectivity index (χ0n) is 12.6. The molecule has 0 radical (unpaired) electrons. The molecule has 2 N–H and O–H groups in total. The van der Waals surface area contributed by atoms with Gasteiger partial charge in [0.25, 0.3) is 0 Å². The quantitative estimate of drug-likeness (QED) is 0.856. The zero-order chi connectivity index (χ0) is 16.7. The maximum Gasteiger partial charge on any atom is 0.408 e. The van der Waals surface area contributed by atoms with E-state index in [-0.39, 0.29) is 6.61 Å². The highest BCUT2D eigenvalue weighted by Crippen LogP contribution is 2.19. The van der Waals surface area contributed by atoms with Gasteiger partial charge in [0.1, 0.15) is 12.4 Å². The number of amides is 1. The molecule has 2 rings (SSSR count). The minimum atomic E-state index is -1.21. The maximum atomic E-state index is 11.8. The summed E-state index contributed by atoms with van der Waals surface area (Å²) in [6.45, 7) is 0.0666. The van der Waals surface area contributed by atoms with E-state index in [9.17, 15) is 14.7 Å². The molecule has 0 unspecified atom stereocenters. The van der Waals surface area contributed by atoms with Crippen LogP contribution in [0.2, 0.25) is 0 Å². The third-order valence-electron chi connectivity index (χ3n) is 3.15. The number of hydrogen-bond donors (Lipinski definition) is 2. The van der Waals surface area contributed by atoms with E-state index in [2.05, 4.69) is 5.32 Å². The highest BCUT2D eigenvalue weighted by molar-refractivity contribution is 5.81. The van der Waals surface area contributed by atoms with Crippen LogP contribution in [0.3, 0.4) is 0 Å². The topological polar surface area (TPSA) is 84.9 Å². The van der Waals surface area contributed by atoms with E-state index in [4.69, 9.17) is 9.47 Å². The van der Waals surface area contributed by atoms with Crippen molar-refractivity contribution in [2.45, 2.75) is 12.6 Å². The van der Waals surface area contributed by atoms with E-state index >= 15 is 0 Å². The van der Waals surface area contributed by atoms with Gasteiger partial charge in [-0.15, -0.1) is 0 Å². The Bertz CT molecular complexity index is 672. The van der Waals surface area contributed by atoms with E-state index in [0.29, 0.717) is 11.3 Å². The molecule has 0 bridgehead atoms. The lowest BCUT2D eigenvalue weighted by Gasteiger charge is -2.15. The van der Waals surface area contributed by atoms with Crippen LogP contribution >= 0.6 is 0 Å². The molecular weight excluding hydrogens is 298 g/mol. The van der Waals surface area contributed by atoms with Crippen LogP contribution in [-0.2, 0) is 16.1 Å². The number of carboxylic acid groups (broad SMARTS) is 1. The Morgan fingerprint density at radius 2 is 1.87 bits per heavy atom. The number of carbonyl (C=O) groups excluding carboxylic acids is 1. The summed E-state index contributed by atoms with van der Waals surface area (Å²) in [5.74, 6) is -0.678. The van der Waals surface area contributed by atoms with Crippen molar-refractivity contribution in [2.24, 2.45) is 0 Å². The Balaban J connectivity index is 2.01. The van der Waals surface area contributed by atoms with Gasteiger partial charge >= 0.3 is 12.1 Å². The first-order valence-electron chi connectivity index (χ1n) is 6.94. The average Bonchev–Trinajstić information content (AvgIpc) is 2.58. The summed E-state index contributed by atoms with van der Waals surface area (Å²) in [5.41, 5.74) is 1.21. The van der Waals surface area contributed by atoms with Gasteiger partial charge in [0.15, 0.2) is 6.04 Å². The molecule has 0 heterocycles. The number of carbonyl (C=O) groups is 2. The van der Waals surface area contributed by atoms with Crippen LogP contribution in [-0.4, -0.2) is 24.3 Å². The lowest BCUT2D eigenvalue weighted by Crippen LogP contribution is -2.34. The molecular formula is C17H17NO5. The van der Waals surface area contributed by atoms with Gasteiger partial charge < -0.3 is 19.9 Å². The van der Waals surface area contributed by atoms with Crippen molar-refractivity contribution in [1.29, 1.82) is 0 Å². The van der Waals surface area contributed by atoms with Gasteiger partial charge in [-0.2, -0.15) is 0 Å². The predicted molar refractivity (Wildman–Crippen MR) is 83.1 cm³/mol. The zero-order valence-corrected chi connectivity index (χ0v) is 12.6. The fourth-order valence-corrected chi connectivity index (χ4v) is 1.99. The van der Waals surface area contributed by atoms with Crippen molar-refractivity contribution < 1.29 is 24.2 Å². The number of alkyl carbamates (subject to hydrolysis) is 1. The van der Waals surface area contributed by atoms with Gasteiger partial charge in [0.05, 0.1) is 7.11 Å². The highest BCUT2D eigenvalue weighted by Gasteiger charge is 2.23. The monoisotopic (exact) mass is 315 g/mol. The average molecular weight is 315 g/mol. The number of benzene rings is 2. The molecule has 0 aliphatic rings. The van der Waals surface area contributed by atoms with Crippen LogP contribution in [0.4, 0.5) is 4.79 Å². The van der Waals surface area contributed by atoms with E-state index in [1.165, 1.54) is 7.11 Å². The Hall–Kier alpha value is -3.02. The molecule has 0 saturated heterocycles. The number of methoxy groups -OCH3 is 1. The van der Waals surface area contributed by atoms with Crippen molar-refractivity contribution in [3.05, 3.63) is 65.7 Å². The second-order valence-electron chi connectivity index (χ2n) is 4.75. The van der Waals surface area contributed by atoms with Crippen LogP contribution in [0.1, 0.15) is 17.2 Å². The fraction of sp³-hybridized carbons (Fsp3) is 0.176. The van der Waals surface area contributed by atoms with E-state index < -0.39 is 18.1 Å². The van der Waals surface area contributed by atoms with Gasteiger partial charge in [-0.25, -0.2) is 9.59 Å². The Kier molecular flexibility index (Phi) is 5.57. The molecule has 0 aromatic heterocycles. The first kappa shape index (κ1) is 16.4. The standard InChI is InChI=1S/C17H17NO5/c1-22-14-9-5-8-13(10-14)15(16(19)20)18-17(21)23-11-12-6-3-2-4-7-12/h2-10,15H,11H2,1H3,(H,18,21)(H,19,20)/t15-/m0/s1. The van der Waals surface area contributed by atoms with Crippen LogP contribution in [0, 0.1) is 0 Å². The summed E-state index contributed by atoms with van der Waals surface area (Å²) in [6, 6.07) is 14.4. The summed E-state index contributed by atoms with van der Waals surface area (Å²) >= 11 is 0. The number of ether oxygens (including phenoxy) is 2. The maximum absolute atomic E-state index is 11.8. The predicted octanol–water partition coefficient (Wildman–Crippen LogP) is 2.75. The molecule has 120 valence electrons.